The summed E-state index contributed by atoms with van der Waals surface area (Å²) < 4.78 is 45.2. The first-order chi connectivity index (χ1) is 11.1. The van der Waals surface area contributed by atoms with Crippen LogP contribution in [0.25, 0.3) is 0 Å². The van der Waals surface area contributed by atoms with Crippen molar-refractivity contribution in [2.24, 2.45) is 0 Å². The molecule has 4 aliphatic rings. The highest BCUT2D eigenvalue weighted by atomic mass is 19.3. The average molecular weight is 359 g/mol. The van der Waals surface area contributed by atoms with Gasteiger partial charge in [0.15, 0.2) is 0 Å². The molecule has 25 heavy (non-hydrogen) atoms. The lowest BCUT2D eigenvalue weighted by Gasteiger charge is -2.47. The summed E-state index contributed by atoms with van der Waals surface area (Å²) in [6, 6.07) is 0. The highest BCUT2D eigenvalue weighted by Gasteiger charge is 2.78. The molecule has 1 amide bonds. The number of alkyl halides is 2. The van der Waals surface area contributed by atoms with Gasteiger partial charge in [0.1, 0.15) is 11.1 Å². The quantitative estimate of drug-likeness (QED) is 0.703. The van der Waals surface area contributed by atoms with Crippen molar-refractivity contribution in [3.05, 3.63) is 0 Å². The van der Waals surface area contributed by atoms with E-state index in [1.165, 1.54) is 4.90 Å². The largest absolute Gasteiger partial charge is 0.466 e. The van der Waals surface area contributed by atoms with E-state index in [4.69, 9.17) is 14.0 Å². The molecule has 4 rings (SSSR count). The van der Waals surface area contributed by atoms with Gasteiger partial charge in [-0.15, -0.1) is 0 Å². The van der Waals surface area contributed by atoms with Gasteiger partial charge in [0.2, 0.25) is 0 Å². The number of rotatable bonds is 2. The summed E-state index contributed by atoms with van der Waals surface area (Å²) in [5.74, 6) is 0. The molecular weight excluding hydrogens is 331 g/mol. The van der Waals surface area contributed by atoms with Crippen molar-refractivity contribution in [3.63, 3.8) is 0 Å². The van der Waals surface area contributed by atoms with Crippen molar-refractivity contribution in [3.8, 4) is 0 Å². The molecule has 3 saturated heterocycles. The molecule has 2 bridgehead atoms. The molecule has 8 heteroatoms. The number of amides is 1. The Morgan fingerprint density at radius 3 is 2.00 bits per heavy atom. The summed E-state index contributed by atoms with van der Waals surface area (Å²) >= 11 is 0. The van der Waals surface area contributed by atoms with E-state index in [2.05, 4.69) is 0 Å². The highest BCUT2D eigenvalue weighted by molar-refractivity contribution is 6.50. The molecule has 0 spiro atoms. The minimum atomic E-state index is -2.63. The van der Waals surface area contributed by atoms with Gasteiger partial charge in [-0.2, -0.15) is 0 Å². The third-order valence-corrected chi connectivity index (χ3v) is 6.10. The monoisotopic (exact) mass is 359 g/mol. The van der Waals surface area contributed by atoms with Crippen molar-refractivity contribution >= 4 is 13.2 Å². The number of halogens is 2. The number of nitrogens with zero attached hydrogens (tertiary/aromatic N) is 1. The second-order valence-electron chi connectivity index (χ2n) is 9.77. The molecule has 0 aromatic heterocycles. The molecule has 5 nitrogen and oxygen atoms in total. The fourth-order valence-electron chi connectivity index (χ4n) is 4.11. The zero-order chi connectivity index (χ0) is 19.1. The van der Waals surface area contributed by atoms with E-state index in [-0.39, 0.29) is 19.4 Å². The number of hydrogen-bond donors (Lipinski definition) is 0. The molecule has 0 atom stereocenters. The lowest BCUT2D eigenvalue weighted by Crippen LogP contribution is -2.58. The average Bonchev–Trinajstić information content (AvgIpc) is 2.92. The van der Waals surface area contributed by atoms with Crippen LogP contribution in [0, 0.1) is 0 Å². The highest BCUT2D eigenvalue weighted by Crippen LogP contribution is 2.69. The van der Waals surface area contributed by atoms with Crippen LogP contribution < -0.4 is 0 Å². The van der Waals surface area contributed by atoms with Gasteiger partial charge in [-0.25, -0.2) is 13.6 Å². The van der Waals surface area contributed by atoms with Gasteiger partial charge in [-0.05, 0) is 61.3 Å². The van der Waals surface area contributed by atoms with E-state index in [0.29, 0.717) is 0 Å². The van der Waals surface area contributed by atoms with E-state index in [9.17, 15) is 13.6 Å². The summed E-state index contributed by atoms with van der Waals surface area (Å²) in [7, 11) is -0.600. The van der Waals surface area contributed by atoms with Gasteiger partial charge < -0.3 is 14.0 Å². The van der Waals surface area contributed by atoms with Crippen LogP contribution in [0.4, 0.5) is 13.6 Å². The minimum absolute atomic E-state index is 0.170. The Balaban J connectivity index is 1.83. The molecule has 1 saturated carbocycles. The van der Waals surface area contributed by atoms with Crippen LogP contribution in [0.5, 0.6) is 0 Å². The van der Waals surface area contributed by atoms with E-state index in [0.717, 1.165) is 0 Å². The van der Waals surface area contributed by atoms with Crippen LogP contribution in [0.2, 0.25) is 5.31 Å². The first-order valence-electron chi connectivity index (χ1n) is 8.79. The maximum atomic E-state index is 13.8. The van der Waals surface area contributed by atoms with Gasteiger partial charge in [-0.3, -0.25) is 4.90 Å². The molecule has 142 valence electrons. The standard InChI is InChI=1S/C17H28BF2NO4/c1-13(2,3)23-12(22)21-10-16(8-17(21,9-16)11(19)20)18-24-14(4,5)15(6,7)25-18/h11H,8-10H2,1-7H3. The van der Waals surface area contributed by atoms with Crippen molar-refractivity contribution in [1.82, 2.24) is 4.90 Å². The molecule has 3 aliphatic heterocycles. The van der Waals surface area contributed by atoms with Gasteiger partial charge in [0.25, 0.3) is 6.43 Å². The van der Waals surface area contributed by atoms with Gasteiger partial charge in [-0.1, -0.05) is 0 Å². The van der Waals surface area contributed by atoms with Gasteiger partial charge in [0, 0.05) is 11.9 Å². The number of carbonyl (C=O) groups excluding carboxylic acids is 1. The molecule has 0 N–H and O–H groups in total. The van der Waals surface area contributed by atoms with E-state index in [1.54, 1.807) is 20.8 Å². The molecule has 4 fully saturated rings. The Hall–Kier alpha value is -0.885. The second kappa shape index (κ2) is 5.09. The Kier molecular flexibility index (Phi) is 3.85. The van der Waals surface area contributed by atoms with E-state index in [1.807, 2.05) is 27.7 Å². The smallest absolute Gasteiger partial charge is 0.444 e. The first kappa shape index (κ1) is 18.9. The summed E-state index contributed by atoms with van der Waals surface area (Å²) in [5, 5.41) is -0.599. The van der Waals surface area contributed by atoms with Crippen molar-refractivity contribution < 1.29 is 27.6 Å². The molecule has 0 aromatic carbocycles. The van der Waals surface area contributed by atoms with Crippen LogP contribution in [-0.2, 0) is 14.0 Å². The lowest BCUT2D eigenvalue weighted by atomic mass is 9.44. The molecule has 0 aromatic rings. The van der Waals surface area contributed by atoms with Gasteiger partial charge in [0.05, 0.1) is 11.2 Å². The van der Waals surface area contributed by atoms with Crippen LogP contribution in [-0.4, -0.2) is 53.4 Å². The van der Waals surface area contributed by atoms with Crippen molar-refractivity contribution in [2.75, 3.05) is 6.54 Å². The maximum absolute atomic E-state index is 13.8. The summed E-state index contributed by atoms with van der Waals surface area (Å²) in [6.07, 6.45) is -2.97. The fraction of sp³-hybridized carbons (Fsp3) is 0.941. The molecule has 3 heterocycles. The predicted molar refractivity (Wildman–Crippen MR) is 89.7 cm³/mol. The third kappa shape index (κ3) is 2.67. The SMILES string of the molecule is CC(C)(C)OC(=O)N1CC2(B3OC(C)(C)C(C)(C)O3)CC1(C(F)F)C2. The lowest BCUT2D eigenvalue weighted by molar-refractivity contribution is -0.0633. The van der Waals surface area contributed by atoms with E-state index >= 15 is 0 Å². The van der Waals surface area contributed by atoms with E-state index < -0.39 is 47.3 Å². The third-order valence-electron chi connectivity index (χ3n) is 6.10. The summed E-state index contributed by atoms with van der Waals surface area (Å²) in [5.41, 5.74) is -3.26. The van der Waals surface area contributed by atoms with Crippen LogP contribution in [0.3, 0.4) is 0 Å². The number of fused-ring (bicyclic) bond motifs is 1. The van der Waals surface area contributed by atoms with Crippen LogP contribution >= 0.6 is 0 Å². The van der Waals surface area contributed by atoms with Crippen LogP contribution in [0.15, 0.2) is 0 Å². The summed E-state index contributed by atoms with van der Waals surface area (Å²) in [4.78, 5) is 13.7. The maximum Gasteiger partial charge on any atom is 0.466 e. The minimum Gasteiger partial charge on any atom is -0.444 e. The first-order valence-corrected chi connectivity index (χ1v) is 8.79. The van der Waals surface area contributed by atoms with Crippen molar-refractivity contribution in [2.45, 2.75) is 95.4 Å². The predicted octanol–water partition coefficient (Wildman–Crippen LogP) is 3.87. The Morgan fingerprint density at radius 2 is 1.60 bits per heavy atom. The van der Waals surface area contributed by atoms with Crippen LogP contribution in [0.1, 0.15) is 61.3 Å². The van der Waals surface area contributed by atoms with Gasteiger partial charge >= 0.3 is 13.2 Å². The molecule has 0 radical (unpaired) electrons. The zero-order valence-electron chi connectivity index (χ0n) is 16.1. The topological polar surface area (TPSA) is 48.0 Å². The second-order valence-corrected chi connectivity index (χ2v) is 9.77. The number of hydrogen-bond acceptors (Lipinski definition) is 4. The molecular formula is C17H28BF2NO4. The number of ether oxygens (including phenoxy) is 1. The molecule has 1 aliphatic carbocycles. The zero-order valence-corrected chi connectivity index (χ0v) is 16.1. The normalized spacial score (nSPS) is 35.9. The Bertz CT molecular complexity index is 566. The van der Waals surface area contributed by atoms with Crippen molar-refractivity contribution in [1.29, 1.82) is 0 Å². The fourth-order valence-corrected chi connectivity index (χ4v) is 4.11. The molecule has 0 unspecified atom stereocenters. The Labute approximate surface area is 148 Å². The number of carbonyl (C=O) groups is 1. The Morgan fingerprint density at radius 1 is 1.12 bits per heavy atom. The summed E-state index contributed by atoms with van der Waals surface area (Å²) in [6.45, 7) is 13.1.